The van der Waals surface area contributed by atoms with E-state index in [0.717, 1.165) is 20.1 Å². The van der Waals surface area contributed by atoms with Gasteiger partial charge in [-0.3, -0.25) is 4.79 Å². The van der Waals surface area contributed by atoms with E-state index in [1.54, 1.807) is 0 Å². The molecule has 0 aliphatic heterocycles. The molecule has 0 saturated carbocycles. The monoisotopic (exact) mass is 257 g/mol. The molecule has 67 valence electrons. The summed E-state index contributed by atoms with van der Waals surface area (Å²) in [5, 5.41) is 7.42. The SMILES string of the molecule is CC(=O)O.O=S=O.[Cl][Cu][Cl]. The first-order chi connectivity index (χ1) is 4.56. The Labute approximate surface area is 76.1 Å². The molecule has 0 spiro atoms. The van der Waals surface area contributed by atoms with Crippen molar-refractivity contribution in [1.82, 2.24) is 0 Å². The van der Waals surface area contributed by atoms with Crippen molar-refractivity contribution < 1.29 is 31.5 Å². The molecule has 0 radical (unpaired) electrons. The number of carboxylic acid groups (broad SMARTS) is 1. The molecule has 0 saturated heterocycles. The Balaban J connectivity index is -0.0000000750. The Bertz CT molecular complexity index is 99.4. The third kappa shape index (κ3) is 3020. The van der Waals surface area contributed by atoms with Gasteiger partial charge in [0, 0.05) is 6.92 Å². The van der Waals surface area contributed by atoms with Crippen LogP contribution in [0.5, 0.6) is 0 Å². The van der Waals surface area contributed by atoms with Crippen LogP contribution in [0.15, 0.2) is 0 Å². The second kappa shape index (κ2) is 22.8. The van der Waals surface area contributed by atoms with Crippen LogP contribution < -0.4 is 0 Å². The fraction of sp³-hybridized carbons (Fsp3) is 0.500. The number of halogens is 2. The standard InChI is InChI=1S/C2H4O2.2ClH.Cu.O2S/c1-2(3)4;;;;1-3-2/h1H3,(H,3,4);2*1H;;/q;;;+2;/p-2. The molecular weight excluding hydrogens is 255 g/mol. The van der Waals surface area contributed by atoms with Gasteiger partial charge in [0.25, 0.3) is 5.97 Å². The zero-order valence-corrected chi connectivity index (χ0v) is 7.91. The van der Waals surface area contributed by atoms with E-state index in [2.05, 4.69) is 20.2 Å². The Morgan fingerprint density at radius 3 is 1.50 bits per heavy atom. The van der Waals surface area contributed by atoms with Crippen LogP contribution in [0, 0.1) is 0 Å². The van der Waals surface area contributed by atoms with Crippen LogP contribution in [-0.4, -0.2) is 19.5 Å². The van der Waals surface area contributed by atoms with Crippen LogP contribution >= 0.6 is 20.2 Å². The van der Waals surface area contributed by atoms with Gasteiger partial charge in [-0.1, -0.05) is 0 Å². The first-order valence-corrected chi connectivity index (χ1v) is 4.75. The van der Waals surface area contributed by atoms with Crippen LogP contribution in [0.4, 0.5) is 0 Å². The fourth-order valence-corrected chi connectivity index (χ4v) is 0. The van der Waals surface area contributed by atoms with E-state index in [-0.39, 0.29) is 0 Å². The summed E-state index contributed by atoms with van der Waals surface area (Å²) in [5.41, 5.74) is 0. The van der Waals surface area contributed by atoms with Gasteiger partial charge >= 0.3 is 44.9 Å². The minimum absolute atomic E-state index is 0.750. The summed E-state index contributed by atoms with van der Waals surface area (Å²) < 4.78 is 16.6. The van der Waals surface area contributed by atoms with Crippen LogP contribution in [0.25, 0.3) is 0 Å². The Morgan fingerprint density at radius 2 is 1.50 bits per heavy atom. The van der Waals surface area contributed by atoms with E-state index in [9.17, 15) is 0 Å². The zero-order valence-electron chi connectivity index (χ0n) is 4.64. The van der Waals surface area contributed by atoms with Gasteiger partial charge < -0.3 is 5.11 Å². The van der Waals surface area contributed by atoms with Crippen molar-refractivity contribution in [3.8, 4) is 0 Å². The molecule has 0 fully saturated rings. The number of carboxylic acids is 1. The average molecular weight is 259 g/mol. The van der Waals surface area contributed by atoms with E-state index in [1.165, 1.54) is 0 Å². The van der Waals surface area contributed by atoms with Crippen LogP contribution in [0.1, 0.15) is 6.92 Å². The van der Waals surface area contributed by atoms with Gasteiger partial charge in [0.15, 0.2) is 0 Å². The molecule has 0 aromatic carbocycles. The maximum absolute atomic E-state index is 9.00. The second-order valence-corrected chi connectivity index (χ2v) is 2.32. The van der Waals surface area contributed by atoms with Crippen molar-refractivity contribution in [2.75, 3.05) is 0 Å². The number of aliphatic carboxylic acids is 1. The summed E-state index contributed by atoms with van der Waals surface area (Å²) in [6, 6.07) is 0. The Kier molecular flexibility index (Phi) is 38.2. The molecule has 8 heteroatoms. The third-order valence-electron chi connectivity index (χ3n) is 0. The fourth-order valence-electron chi connectivity index (χ4n) is 0. The van der Waals surface area contributed by atoms with Gasteiger partial charge in [0.05, 0.1) is 0 Å². The molecular formula is C2H4Cl2CuO4S. The first kappa shape index (κ1) is 16.8. The number of hydrogen-bond acceptors (Lipinski definition) is 3. The first-order valence-electron chi connectivity index (χ1n) is 1.49. The Morgan fingerprint density at radius 1 is 1.50 bits per heavy atom. The normalized spacial score (nSPS) is 5.90. The summed E-state index contributed by atoms with van der Waals surface area (Å²) in [6.07, 6.45) is 0. The van der Waals surface area contributed by atoms with E-state index < -0.39 is 17.5 Å². The van der Waals surface area contributed by atoms with E-state index in [4.69, 9.17) is 18.3 Å². The molecule has 0 atom stereocenters. The van der Waals surface area contributed by atoms with Gasteiger partial charge in [-0.25, -0.2) is 0 Å². The van der Waals surface area contributed by atoms with Gasteiger partial charge in [-0.2, -0.15) is 8.42 Å². The summed E-state index contributed by atoms with van der Waals surface area (Å²) in [5.74, 6) is -0.833. The molecule has 4 nitrogen and oxygen atoms in total. The van der Waals surface area contributed by atoms with Crippen molar-refractivity contribution in [3.05, 3.63) is 0 Å². The molecule has 0 aliphatic rings. The van der Waals surface area contributed by atoms with Gasteiger partial charge in [0.1, 0.15) is 0 Å². The van der Waals surface area contributed by atoms with Crippen molar-refractivity contribution >= 4 is 37.7 Å². The molecule has 1 N–H and O–H groups in total. The van der Waals surface area contributed by atoms with Crippen molar-refractivity contribution in [2.45, 2.75) is 6.92 Å². The molecule has 10 heavy (non-hydrogen) atoms. The summed E-state index contributed by atoms with van der Waals surface area (Å²) in [7, 11) is 9.34. The predicted molar refractivity (Wildman–Crippen MR) is 33.9 cm³/mol. The summed E-state index contributed by atoms with van der Waals surface area (Å²) >= 11 is 0.00694. The van der Waals surface area contributed by atoms with E-state index in [0.29, 0.717) is 0 Å². The maximum atomic E-state index is 9.00. The number of rotatable bonds is 0. The van der Waals surface area contributed by atoms with Gasteiger partial charge in [0.2, 0.25) is 0 Å². The average Bonchev–Trinajstić information content (AvgIpc) is 1.65. The number of hydrogen-bond donors (Lipinski definition) is 1. The van der Waals surface area contributed by atoms with Crippen molar-refractivity contribution in [3.63, 3.8) is 0 Å². The zero-order chi connectivity index (χ0) is 8.99. The Hall–Kier alpha value is 0.389. The number of carbonyl (C=O) groups is 1. The van der Waals surface area contributed by atoms with Crippen LogP contribution in [0.3, 0.4) is 0 Å². The molecule has 0 unspecified atom stereocenters. The summed E-state index contributed by atoms with van der Waals surface area (Å²) in [6.45, 7) is 1.08. The van der Waals surface area contributed by atoms with Gasteiger partial charge in [-0.15, -0.1) is 0 Å². The quantitative estimate of drug-likeness (QED) is 0.652. The van der Waals surface area contributed by atoms with Crippen molar-refractivity contribution in [1.29, 1.82) is 0 Å². The van der Waals surface area contributed by atoms with Crippen molar-refractivity contribution in [2.24, 2.45) is 0 Å². The van der Waals surface area contributed by atoms with Crippen LogP contribution in [0.2, 0.25) is 0 Å². The molecule has 0 aromatic rings. The third-order valence-corrected chi connectivity index (χ3v) is 0. The van der Waals surface area contributed by atoms with Crippen LogP contribution in [-0.2, 0) is 29.5 Å². The molecule has 0 aromatic heterocycles. The topological polar surface area (TPSA) is 71.4 Å². The van der Waals surface area contributed by atoms with Gasteiger partial charge in [-0.05, 0) is 0 Å². The summed E-state index contributed by atoms with van der Waals surface area (Å²) in [4.78, 5) is 9.00. The molecule has 0 bridgehead atoms. The second-order valence-electron chi connectivity index (χ2n) is 0.630. The van der Waals surface area contributed by atoms with E-state index in [1.807, 2.05) is 0 Å². The predicted octanol–water partition coefficient (Wildman–Crippen LogP) is 0.797. The van der Waals surface area contributed by atoms with E-state index >= 15 is 0 Å². The molecule has 0 heterocycles. The molecule has 0 rings (SSSR count). The minimum atomic E-state index is -0.833. The molecule has 0 aliphatic carbocycles. The molecule has 0 amide bonds.